The van der Waals surface area contributed by atoms with E-state index in [1.165, 1.54) is 47.4 Å². The van der Waals surface area contributed by atoms with Gasteiger partial charge >= 0.3 is 10.4 Å². The second-order valence-electron chi connectivity index (χ2n) is 11.9. The van der Waals surface area contributed by atoms with E-state index in [0.717, 1.165) is 18.2 Å². The molecular weight excluding hydrogens is 809 g/mol. The van der Waals surface area contributed by atoms with E-state index < -0.39 is 86.6 Å². The summed E-state index contributed by atoms with van der Waals surface area (Å²) in [6, 6.07) is 8.17. The van der Waals surface area contributed by atoms with Crippen LogP contribution in [-0.2, 0) is 44.7 Å². The van der Waals surface area contributed by atoms with Gasteiger partial charge in [-0.15, -0.1) is 0 Å². The number of nitrogens with zero attached hydrogens (tertiary/aromatic N) is 5. The molecule has 0 aromatic heterocycles. The highest BCUT2D eigenvalue weighted by Gasteiger charge is 2.36. The third kappa shape index (κ3) is 10.00. The van der Waals surface area contributed by atoms with Crippen molar-refractivity contribution in [3.05, 3.63) is 88.7 Å². The zero-order valence-electron chi connectivity index (χ0n) is 28.6. The molecule has 25 heteroatoms. The molecule has 8 N–H and O–H groups in total. The average molecular weight is 843 g/mol. The minimum Gasteiger partial charge on any atom is -0.512 e. The van der Waals surface area contributed by atoms with Gasteiger partial charge in [0.15, 0.2) is 9.84 Å². The fourth-order valence-corrected chi connectivity index (χ4v) is 8.13. The lowest BCUT2D eigenvalue weighted by atomic mass is 9.82. The van der Waals surface area contributed by atoms with Crippen LogP contribution in [0.25, 0.3) is 0 Å². The van der Waals surface area contributed by atoms with Crippen LogP contribution in [0.15, 0.2) is 119 Å². The van der Waals surface area contributed by atoms with Crippen LogP contribution in [-0.4, -0.2) is 96.0 Å². The van der Waals surface area contributed by atoms with Crippen molar-refractivity contribution in [3.8, 4) is 0 Å². The zero-order chi connectivity index (χ0) is 40.5. The smallest absolute Gasteiger partial charge is 0.397 e. The predicted molar refractivity (Wildman–Crippen MR) is 199 cm³/mol. The van der Waals surface area contributed by atoms with Crippen LogP contribution >= 0.6 is 0 Å². The van der Waals surface area contributed by atoms with E-state index in [2.05, 4.69) is 35.0 Å². The standard InChI is InChI=1S/C30H34N8O13S4/c1-3-26-33-29(35-30(34-26)38(2)19-5-4-6-20(15-19)52(40,41)12-11-51-55(48,49)50)32-18-8-10-23(25(14-18)54(45,46)47)36-37-28-22(31)9-7-17-13-21(53(42,43)44)16-24(39)27(17)28/h4-10,13-16,27-28,30,39H,3,11-12,31H2,1-2H3,(H,42,43,44)(H,45,46,47)(H,48,49,50)(H2,32,33,34,35). The maximum absolute atomic E-state index is 12.8. The third-order valence-corrected chi connectivity index (χ3v) is 12.0. The lowest BCUT2D eigenvalue weighted by Gasteiger charge is -2.29. The number of aliphatic hydroxyl groups excluding tert-OH is 1. The molecule has 0 amide bonds. The summed E-state index contributed by atoms with van der Waals surface area (Å²) in [5.74, 6) is -1.75. The molecule has 296 valence electrons. The molecule has 3 unspecified atom stereocenters. The van der Waals surface area contributed by atoms with E-state index in [1.807, 2.05) is 0 Å². The summed E-state index contributed by atoms with van der Waals surface area (Å²) in [5.41, 5.74) is 6.54. The lowest BCUT2D eigenvalue weighted by Crippen LogP contribution is -2.44. The minimum atomic E-state index is -4.93. The molecule has 55 heavy (non-hydrogen) atoms. The second kappa shape index (κ2) is 15.6. The van der Waals surface area contributed by atoms with Crippen molar-refractivity contribution in [2.24, 2.45) is 31.9 Å². The second-order valence-corrected chi connectivity index (χ2v) is 17.9. The Hall–Kier alpha value is -5.02. The van der Waals surface area contributed by atoms with Crippen LogP contribution < -0.4 is 21.3 Å². The van der Waals surface area contributed by atoms with Gasteiger partial charge in [-0.2, -0.15) is 35.5 Å². The van der Waals surface area contributed by atoms with Gasteiger partial charge in [0.05, 0.1) is 28.1 Å². The number of nitrogens with one attached hydrogen (secondary N) is 2. The number of fused-ring (bicyclic) bond motifs is 1. The average Bonchev–Trinajstić information content (AvgIpc) is 3.09. The number of benzene rings is 2. The first-order chi connectivity index (χ1) is 25.6. The first kappa shape index (κ1) is 41.1. The monoisotopic (exact) mass is 842 g/mol. The van der Waals surface area contributed by atoms with Crippen molar-refractivity contribution >= 4 is 69.3 Å². The summed E-state index contributed by atoms with van der Waals surface area (Å²) in [4.78, 5) is 9.15. The van der Waals surface area contributed by atoms with Crippen molar-refractivity contribution < 1.29 is 56.6 Å². The number of hydrogen-bond acceptors (Lipinski definition) is 18. The number of nitrogens with two attached hydrogens (primary N) is 1. The van der Waals surface area contributed by atoms with E-state index in [9.17, 15) is 47.9 Å². The highest BCUT2D eigenvalue weighted by Crippen LogP contribution is 2.38. The number of sulfone groups is 1. The summed E-state index contributed by atoms with van der Waals surface area (Å²) in [6.45, 7) is 0.986. The number of allylic oxidation sites excluding steroid dienone is 4. The van der Waals surface area contributed by atoms with Gasteiger partial charge in [-0.25, -0.2) is 22.6 Å². The number of aliphatic imine (C=N–C) groups is 2. The Balaban J connectivity index is 1.38. The summed E-state index contributed by atoms with van der Waals surface area (Å²) in [5, 5.41) is 24.6. The summed E-state index contributed by atoms with van der Waals surface area (Å²) in [6.07, 6.45) is 4.16. The predicted octanol–water partition coefficient (Wildman–Crippen LogP) is 2.20. The molecule has 0 saturated carbocycles. The normalized spacial score (nSPS) is 20.6. The third-order valence-electron chi connectivity index (χ3n) is 8.12. The highest BCUT2D eigenvalue weighted by atomic mass is 32.3. The number of hydrogen-bond donors (Lipinski definition) is 7. The van der Waals surface area contributed by atoms with Crippen molar-refractivity contribution in [1.82, 2.24) is 5.32 Å². The number of aliphatic hydroxyl groups is 1. The number of azo groups is 1. The SMILES string of the molecule is CCC1=NC(N(C)c2cccc(S(=O)(=O)CCOS(=O)(=O)O)c2)N=C(Nc2ccc(N=NC3C(N)=CC=C4C=C(S(=O)(=O)O)C=C(O)C43)c(S(=O)(=O)O)c2)N1. The van der Waals surface area contributed by atoms with E-state index in [-0.39, 0.29) is 33.5 Å². The van der Waals surface area contributed by atoms with Crippen molar-refractivity contribution in [3.63, 3.8) is 0 Å². The van der Waals surface area contributed by atoms with Gasteiger partial charge in [-0.3, -0.25) is 13.7 Å². The minimum absolute atomic E-state index is 0.0840. The number of guanidine groups is 1. The molecule has 2 aliphatic carbocycles. The molecule has 0 radical (unpaired) electrons. The van der Waals surface area contributed by atoms with Crippen LogP contribution in [0.3, 0.4) is 0 Å². The number of amidine groups is 1. The van der Waals surface area contributed by atoms with Gasteiger partial charge < -0.3 is 26.4 Å². The molecule has 5 rings (SSSR count). The quantitative estimate of drug-likeness (QED) is 0.112. The van der Waals surface area contributed by atoms with Crippen molar-refractivity contribution in [2.75, 3.05) is 29.6 Å². The largest absolute Gasteiger partial charge is 0.512 e. The first-order valence-electron chi connectivity index (χ1n) is 15.7. The maximum atomic E-state index is 12.8. The first-order valence-corrected chi connectivity index (χ1v) is 21.6. The molecule has 1 heterocycles. The van der Waals surface area contributed by atoms with Crippen LogP contribution in [0.2, 0.25) is 0 Å². The number of anilines is 2. The molecule has 0 fully saturated rings. The molecule has 3 atom stereocenters. The van der Waals surface area contributed by atoms with Gasteiger partial charge in [-0.1, -0.05) is 19.1 Å². The van der Waals surface area contributed by atoms with Crippen LogP contribution in [0.5, 0.6) is 0 Å². The molecule has 0 saturated heterocycles. The van der Waals surface area contributed by atoms with E-state index in [1.54, 1.807) is 20.0 Å². The lowest BCUT2D eigenvalue weighted by molar-refractivity contribution is 0.284. The van der Waals surface area contributed by atoms with Gasteiger partial charge in [0.25, 0.3) is 20.2 Å². The topological polar surface area (TPSA) is 329 Å². The Labute approximate surface area is 315 Å². The van der Waals surface area contributed by atoms with Crippen molar-refractivity contribution in [2.45, 2.75) is 35.5 Å². The molecular formula is C30H34N8O13S4. The summed E-state index contributed by atoms with van der Waals surface area (Å²) in [7, 11) is -16.9. The zero-order valence-corrected chi connectivity index (χ0v) is 31.9. The molecule has 3 aliphatic rings. The molecule has 0 bridgehead atoms. The Morgan fingerprint density at radius 3 is 2.35 bits per heavy atom. The molecule has 2 aromatic carbocycles. The Morgan fingerprint density at radius 1 is 0.964 bits per heavy atom. The van der Waals surface area contributed by atoms with E-state index in [0.29, 0.717) is 17.9 Å². The number of rotatable bonds is 13. The van der Waals surface area contributed by atoms with Gasteiger partial charge in [0.2, 0.25) is 12.2 Å². The van der Waals surface area contributed by atoms with E-state index in [4.69, 9.17) is 10.3 Å². The molecule has 21 nitrogen and oxygen atoms in total. The maximum Gasteiger partial charge on any atom is 0.397 e. The van der Waals surface area contributed by atoms with Crippen LogP contribution in [0.4, 0.5) is 17.1 Å². The van der Waals surface area contributed by atoms with Crippen LogP contribution in [0.1, 0.15) is 13.3 Å². The summed E-state index contributed by atoms with van der Waals surface area (Å²) < 4.78 is 128. The van der Waals surface area contributed by atoms with Crippen LogP contribution in [0, 0.1) is 5.92 Å². The van der Waals surface area contributed by atoms with E-state index >= 15 is 0 Å². The molecule has 1 aliphatic heterocycles. The highest BCUT2D eigenvalue weighted by molar-refractivity contribution is 7.91. The van der Waals surface area contributed by atoms with Gasteiger partial charge in [-0.05, 0) is 60.2 Å². The molecule has 2 aromatic rings. The fourth-order valence-electron chi connectivity index (χ4n) is 5.40. The Morgan fingerprint density at radius 2 is 1.69 bits per heavy atom. The Bertz CT molecular complexity index is 2570. The summed E-state index contributed by atoms with van der Waals surface area (Å²) >= 11 is 0. The fraction of sp³-hybridized carbons (Fsp3) is 0.267. The Kier molecular flexibility index (Phi) is 11.7. The van der Waals surface area contributed by atoms with Gasteiger partial charge in [0.1, 0.15) is 28.2 Å². The van der Waals surface area contributed by atoms with Crippen molar-refractivity contribution in [1.29, 1.82) is 0 Å². The molecule has 0 spiro atoms. The van der Waals surface area contributed by atoms with Gasteiger partial charge in [0, 0.05) is 30.5 Å².